The monoisotopic (exact) mass is 305 g/mol. The van der Waals surface area contributed by atoms with E-state index in [1.807, 2.05) is 48.8 Å². The topological polar surface area (TPSA) is 49.3 Å². The first kappa shape index (κ1) is 14.2. The zero-order valence-corrected chi connectivity index (χ0v) is 12.9. The first-order valence-electron chi connectivity index (χ1n) is 8.05. The summed E-state index contributed by atoms with van der Waals surface area (Å²) >= 11 is 0. The van der Waals surface area contributed by atoms with Gasteiger partial charge in [0.25, 0.3) is 0 Å². The molecule has 0 bridgehead atoms. The fourth-order valence-electron chi connectivity index (χ4n) is 3.50. The van der Waals surface area contributed by atoms with E-state index >= 15 is 0 Å². The molecule has 1 aliphatic rings. The molecule has 0 radical (unpaired) electrons. The van der Waals surface area contributed by atoms with Crippen molar-refractivity contribution in [3.8, 4) is 5.75 Å². The van der Waals surface area contributed by atoms with Crippen molar-refractivity contribution in [3.63, 3.8) is 0 Å². The van der Waals surface area contributed by atoms with Crippen LogP contribution in [0.15, 0.2) is 55.0 Å². The Labute approximate surface area is 135 Å². The maximum atomic E-state index is 10.8. The Balaban J connectivity index is 1.88. The van der Waals surface area contributed by atoms with Crippen LogP contribution in [0, 0.1) is 0 Å². The summed E-state index contributed by atoms with van der Waals surface area (Å²) in [5, 5.41) is 11.8. The molecule has 0 saturated carbocycles. The number of nitrogens with zero attached hydrogens (tertiary/aromatic N) is 3. The number of hydrogen-bond donors (Lipinski definition) is 1. The Bertz CT molecular complexity index is 813. The summed E-state index contributed by atoms with van der Waals surface area (Å²) in [4.78, 5) is 10.9. The number of pyridine rings is 2. The molecule has 4 rings (SSSR count). The van der Waals surface area contributed by atoms with Crippen LogP contribution in [0.2, 0.25) is 0 Å². The van der Waals surface area contributed by atoms with E-state index in [0.29, 0.717) is 5.52 Å². The molecule has 1 saturated heterocycles. The summed E-state index contributed by atoms with van der Waals surface area (Å²) in [5.41, 5.74) is 2.75. The summed E-state index contributed by atoms with van der Waals surface area (Å²) in [6, 6.07) is 12.1. The maximum Gasteiger partial charge on any atom is 0.146 e. The van der Waals surface area contributed by atoms with Crippen molar-refractivity contribution >= 4 is 10.9 Å². The minimum absolute atomic E-state index is 0.0481. The Hall–Kier alpha value is -2.46. The highest BCUT2D eigenvalue weighted by Crippen LogP contribution is 2.38. The molecular formula is C19H19N3O. The fraction of sp³-hybridized carbons (Fsp3) is 0.263. The van der Waals surface area contributed by atoms with Crippen LogP contribution in [-0.2, 0) is 0 Å². The molecule has 1 aromatic carbocycles. The number of aromatic nitrogens is 2. The van der Waals surface area contributed by atoms with Gasteiger partial charge >= 0.3 is 0 Å². The van der Waals surface area contributed by atoms with E-state index in [4.69, 9.17) is 0 Å². The lowest BCUT2D eigenvalue weighted by molar-refractivity contribution is 0.275. The van der Waals surface area contributed by atoms with Gasteiger partial charge in [-0.05, 0) is 49.7 Å². The van der Waals surface area contributed by atoms with Crippen LogP contribution in [0.5, 0.6) is 5.75 Å². The molecule has 1 atom stereocenters. The zero-order valence-electron chi connectivity index (χ0n) is 12.9. The van der Waals surface area contributed by atoms with Crippen LogP contribution in [0.3, 0.4) is 0 Å². The second kappa shape index (κ2) is 5.97. The quantitative estimate of drug-likeness (QED) is 0.804. The van der Waals surface area contributed by atoms with E-state index in [-0.39, 0.29) is 11.8 Å². The fourth-order valence-corrected chi connectivity index (χ4v) is 3.50. The van der Waals surface area contributed by atoms with Gasteiger partial charge in [-0.25, -0.2) is 0 Å². The minimum atomic E-state index is 0.0481. The Morgan fingerprint density at radius 1 is 0.957 bits per heavy atom. The number of phenols is 1. The van der Waals surface area contributed by atoms with Gasteiger partial charge in [0.15, 0.2) is 0 Å². The first-order chi connectivity index (χ1) is 11.3. The van der Waals surface area contributed by atoms with Gasteiger partial charge in [-0.2, -0.15) is 0 Å². The van der Waals surface area contributed by atoms with E-state index in [1.54, 1.807) is 6.20 Å². The van der Waals surface area contributed by atoms with Crippen LogP contribution in [-0.4, -0.2) is 33.1 Å². The normalized spacial score (nSPS) is 16.7. The maximum absolute atomic E-state index is 10.8. The zero-order chi connectivity index (χ0) is 15.6. The number of likely N-dealkylation sites (tertiary alicyclic amines) is 1. The molecule has 116 valence electrons. The molecule has 1 fully saturated rings. The van der Waals surface area contributed by atoms with Crippen LogP contribution in [0.25, 0.3) is 10.9 Å². The van der Waals surface area contributed by atoms with Crippen LogP contribution < -0.4 is 0 Å². The highest BCUT2D eigenvalue weighted by Gasteiger charge is 2.27. The first-order valence-corrected chi connectivity index (χ1v) is 8.05. The van der Waals surface area contributed by atoms with Crippen molar-refractivity contribution in [1.82, 2.24) is 14.9 Å². The van der Waals surface area contributed by atoms with Crippen LogP contribution in [0.4, 0.5) is 0 Å². The summed E-state index contributed by atoms with van der Waals surface area (Å²) in [7, 11) is 0. The third-order valence-electron chi connectivity index (χ3n) is 4.60. The molecule has 1 N–H and O–H groups in total. The second-order valence-corrected chi connectivity index (χ2v) is 6.00. The second-order valence-electron chi connectivity index (χ2n) is 6.00. The van der Waals surface area contributed by atoms with Crippen molar-refractivity contribution in [2.75, 3.05) is 13.1 Å². The number of benzene rings is 1. The van der Waals surface area contributed by atoms with Gasteiger partial charge in [-0.3, -0.25) is 14.9 Å². The molecule has 0 aliphatic carbocycles. The highest BCUT2D eigenvalue weighted by molar-refractivity contribution is 5.85. The van der Waals surface area contributed by atoms with Gasteiger partial charge in [0.1, 0.15) is 11.3 Å². The van der Waals surface area contributed by atoms with E-state index < -0.39 is 0 Å². The largest absolute Gasteiger partial charge is 0.505 e. The average molecular weight is 305 g/mol. The number of phenolic OH excluding ortho intramolecular Hbond substituents is 1. The molecule has 3 heterocycles. The summed E-state index contributed by atoms with van der Waals surface area (Å²) in [5.74, 6) is 0.289. The molecule has 3 aromatic rings. The molecule has 0 amide bonds. The predicted molar refractivity (Wildman–Crippen MR) is 90.3 cm³/mol. The lowest BCUT2D eigenvalue weighted by atomic mass is 9.96. The van der Waals surface area contributed by atoms with Gasteiger partial charge in [0.2, 0.25) is 0 Å². The minimum Gasteiger partial charge on any atom is -0.505 e. The van der Waals surface area contributed by atoms with Crippen molar-refractivity contribution in [2.24, 2.45) is 0 Å². The third-order valence-corrected chi connectivity index (χ3v) is 4.60. The number of rotatable bonds is 3. The van der Waals surface area contributed by atoms with E-state index in [0.717, 1.165) is 29.6 Å². The SMILES string of the molecule is Oc1c([C@H](c2ccncc2)N2CCCC2)ccc2cccnc12. The van der Waals surface area contributed by atoms with Gasteiger partial charge in [0, 0.05) is 29.5 Å². The van der Waals surface area contributed by atoms with E-state index in [1.165, 1.54) is 12.8 Å². The predicted octanol–water partition coefficient (Wildman–Crippen LogP) is 3.52. The molecule has 2 aromatic heterocycles. The Kier molecular flexibility index (Phi) is 3.67. The van der Waals surface area contributed by atoms with Crippen LogP contribution in [0.1, 0.15) is 30.0 Å². The number of fused-ring (bicyclic) bond motifs is 1. The average Bonchev–Trinajstić information content (AvgIpc) is 3.13. The lowest BCUT2D eigenvalue weighted by Crippen LogP contribution is -2.26. The Morgan fingerprint density at radius 2 is 1.74 bits per heavy atom. The number of hydrogen-bond acceptors (Lipinski definition) is 4. The molecule has 0 spiro atoms. The Morgan fingerprint density at radius 3 is 2.52 bits per heavy atom. The standard InChI is InChI=1S/C19H19N3O/c23-19-16(6-5-14-4-3-9-21-17(14)19)18(22-12-1-2-13-22)15-7-10-20-11-8-15/h3-11,18,23H,1-2,12-13H2/t18-/m0/s1. The molecule has 1 aliphatic heterocycles. The molecular weight excluding hydrogens is 286 g/mol. The molecule has 4 nitrogen and oxygen atoms in total. The van der Waals surface area contributed by atoms with Crippen molar-refractivity contribution in [1.29, 1.82) is 0 Å². The van der Waals surface area contributed by atoms with Crippen molar-refractivity contribution in [3.05, 3.63) is 66.1 Å². The van der Waals surface area contributed by atoms with E-state index in [9.17, 15) is 5.11 Å². The van der Waals surface area contributed by atoms with Crippen LogP contribution >= 0.6 is 0 Å². The van der Waals surface area contributed by atoms with Gasteiger partial charge in [0.05, 0.1) is 6.04 Å². The van der Waals surface area contributed by atoms with Gasteiger partial charge < -0.3 is 5.11 Å². The molecule has 0 unspecified atom stereocenters. The van der Waals surface area contributed by atoms with Crippen molar-refractivity contribution < 1.29 is 5.11 Å². The lowest BCUT2D eigenvalue weighted by Gasteiger charge is -2.29. The third kappa shape index (κ3) is 2.55. The van der Waals surface area contributed by atoms with Gasteiger partial charge in [-0.15, -0.1) is 0 Å². The summed E-state index contributed by atoms with van der Waals surface area (Å²) in [6.07, 6.45) is 7.76. The van der Waals surface area contributed by atoms with Gasteiger partial charge in [-0.1, -0.05) is 18.2 Å². The van der Waals surface area contributed by atoms with E-state index in [2.05, 4.69) is 14.9 Å². The molecule has 23 heavy (non-hydrogen) atoms. The molecule has 4 heteroatoms. The van der Waals surface area contributed by atoms with Crippen molar-refractivity contribution in [2.45, 2.75) is 18.9 Å². The number of aromatic hydroxyl groups is 1. The summed E-state index contributed by atoms with van der Waals surface area (Å²) < 4.78 is 0. The summed E-state index contributed by atoms with van der Waals surface area (Å²) in [6.45, 7) is 2.10. The highest BCUT2D eigenvalue weighted by atomic mass is 16.3. The smallest absolute Gasteiger partial charge is 0.146 e.